The standard InChI is InChI=1S/C34H33N5O4S/c1-39-22-37-38-34(39)44-21-30-17-31(26-9-7-23(20-40)8-10-26)43-33(42-30)27-13-11-25(12-14-27)28-5-2-4-24(16-28)18-36-32(41)29-6-3-15-35-19-29/h2-16,19,22,30-31,33,40H,17-18,20-21H2,1H3,(H,36,41)/t30-,31+,33+/m0/s1. The van der Waals surface area contributed by atoms with Crippen molar-refractivity contribution < 1.29 is 19.4 Å². The lowest BCUT2D eigenvalue weighted by molar-refractivity contribution is -0.245. The molecule has 1 aliphatic heterocycles. The van der Waals surface area contributed by atoms with E-state index in [0.29, 0.717) is 24.3 Å². The Balaban J connectivity index is 1.16. The monoisotopic (exact) mass is 607 g/mol. The number of aliphatic hydroxyl groups excluding tert-OH is 1. The number of thioether (sulfide) groups is 1. The van der Waals surface area contributed by atoms with Crippen molar-refractivity contribution in [3.05, 3.63) is 131 Å². The molecule has 5 aromatic rings. The fourth-order valence-corrected chi connectivity index (χ4v) is 5.97. The molecule has 3 atom stereocenters. The zero-order chi connectivity index (χ0) is 30.3. The van der Waals surface area contributed by atoms with Crippen molar-refractivity contribution in [3.8, 4) is 11.1 Å². The Hall–Kier alpha value is -4.35. The molecule has 44 heavy (non-hydrogen) atoms. The molecule has 1 fully saturated rings. The predicted molar refractivity (Wildman–Crippen MR) is 167 cm³/mol. The van der Waals surface area contributed by atoms with E-state index < -0.39 is 6.29 Å². The van der Waals surface area contributed by atoms with E-state index in [9.17, 15) is 9.90 Å². The van der Waals surface area contributed by atoms with Crippen molar-refractivity contribution >= 4 is 17.7 Å². The summed E-state index contributed by atoms with van der Waals surface area (Å²) >= 11 is 1.61. The number of aryl methyl sites for hydroxylation is 1. The highest BCUT2D eigenvalue weighted by Crippen LogP contribution is 2.39. The van der Waals surface area contributed by atoms with Gasteiger partial charge in [-0.25, -0.2) is 0 Å². The predicted octanol–water partition coefficient (Wildman–Crippen LogP) is 5.64. The molecule has 0 saturated carbocycles. The lowest BCUT2D eigenvalue weighted by Crippen LogP contribution is -2.31. The third-order valence-corrected chi connectivity index (χ3v) is 8.67. The number of ether oxygens (including phenoxy) is 2. The van der Waals surface area contributed by atoms with Gasteiger partial charge in [0.2, 0.25) is 0 Å². The second kappa shape index (κ2) is 14.0. The van der Waals surface area contributed by atoms with Crippen LogP contribution < -0.4 is 5.32 Å². The number of nitrogens with zero attached hydrogens (tertiary/aromatic N) is 4. The second-order valence-corrected chi connectivity index (χ2v) is 11.6. The van der Waals surface area contributed by atoms with E-state index in [1.807, 2.05) is 60.1 Å². The lowest BCUT2D eigenvalue weighted by atomic mass is 9.99. The van der Waals surface area contributed by atoms with Crippen molar-refractivity contribution in [2.45, 2.75) is 43.2 Å². The number of hydrogen-bond donors (Lipinski definition) is 2. The molecule has 224 valence electrons. The fourth-order valence-electron chi connectivity index (χ4n) is 5.07. The third-order valence-electron chi connectivity index (χ3n) is 7.50. The zero-order valence-corrected chi connectivity index (χ0v) is 25.1. The number of rotatable bonds is 10. The zero-order valence-electron chi connectivity index (χ0n) is 24.2. The van der Waals surface area contributed by atoms with E-state index in [2.05, 4.69) is 44.8 Å². The van der Waals surface area contributed by atoms with Crippen LogP contribution in [0.3, 0.4) is 0 Å². The molecule has 0 radical (unpaired) electrons. The first-order chi connectivity index (χ1) is 21.6. The van der Waals surface area contributed by atoms with Gasteiger partial charge >= 0.3 is 0 Å². The molecule has 9 nitrogen and oxygen atoms in total. The van der Waals surface area contributed by atoms with Crippen LogP contribution in [0, 0.1) is 0 Å². The van der Waals surface area contributed by atoms with Gasteiger partial charge in [0, 0.05) is 43.7 Å². The summed E-state index contributed by atoms with van der Waals surface area (Å²) in [5, 5.41) is 21.5. The van der Waals surface area contributed by atoms with E-state index in [1.165, 1.54) is 0 Å². The number of hydrogen-bond acceptors (Lipinski definition) is 8. The molecule has 0 unspecified atom stereocenters. The van der Waals surface area contributed by atoms with Crippen molar-refractivity contribution in [1.82, 2.24) is 25.1 Å². The van der Waals surface area contributed by atoms with Crippen LogP contribution in [-0.2, 0) is 29.7 Å². The van der Waals surface area contributed by atoms with E-state index >= 15 is 0 Å². The van der Waals surface area contributed by atoms with Gasteiger partial charge < -0.3 is 24.5 Å². The Morgan fingerprint density at radius 1 is 0.977 bits per heavy atom. The van der Waals surface area contributed by atoms with Crippen LogP contribution in [-0.4, -0.2) is 42.6 Å². The summed E-state index contributed by atoms with van der Waals surface area (Å²) < 4.78 is 14.9. The molecule has 0 bridgehead atoms. The van der Waals surface area contributed by atoms with Crippen LogP contribution in [0.2, 0.25) is 0 Å². The van der Waals surface area contributed by atoms with Gasteiger partial charge in [0.25, 0.3) is 5.91 Å². The Morgan fingerprint density at radius 3 is 2.52 bits per heavy atom. The smallest absolute Gasteiger partial charge is 0.253 e. The molecule has 2 N–H and O–H groups in total. The quantitative estimate of drug-likeness (QED) is 0.196. The van der Waals surface area contributed by atoms with Gasteiger partial charge in [-0.15, -0.1) is 10.2 Å². The summed E-state index contributed by atoms with van der Waals surface area (Å²) in [6, 6.07) is 27.7. The Labute approximate surface area is 260 Å². The van der Waals surface area contributed by atoms with Crippen molar-refractivity contribution in [1.29, 1.82) is 0 Å². The normalized spacial score (nSPS) is 18.2. The minimum absolute atomic E-state index is 0.00377. The number of amides is 1. The van der Waals surface area contributed by atoms with Gasteiger partial charge in [-0.1, -0.05) is 78.5 Å². The molecule has 0 aliphatic carbocycles. The molecule has 3 heterocycles. The molecule has 10 heteroatoms. The van der Waals surface area contributed by atoms with E-state index in [1.54, 1.807) is 42.6 Å². The van der Waals surface area contributed by atoms with E-state index in [4.69, 9.17) is 9.47 Å². The van der Waals surface area contributed by atoms with Crippen molar-refractivity contribution in [3.63, 3.8) is 0 Å². The second-order valence-electron chi connectivity index (χ2n) is 10.6. The maximum absolute atomic E-state index is 12.4. The molecule has 1 amide bonds. The lowest BCUT2D eigenvalue weighted by Gasteiger charge is -2.36. The summed E-state index contributed by atoms with van der Waals surface area (Å²) in [6.07, 6.45) is 4.81. The highest BCUT2D eigenvalue weighted by Gasteiger charge is 2.32. The first-order valence-electron chi connectivity index (χ1n) is 14.4. The van der Waals surface area contributed by atoms with Gasteiger partial charge in [-0.3, -0.25) is 9.78 Å². The molecule has 0 spiro atoms. The number of aromatic nitrogens is 4. The maximum atomic E-state index is 12.4. The first kappa shape index (κ1) is 29.7. The van der Waals surface area contributed by atoms with Gasteiger partial charge in [0.1, 0.15) is 6.33 Å². The molecule has 2 aromatic heterocycles. The van der Waals surface area contributed by atoms with Crippen molar-refractivity contribution in [2.24, 2.45) is 7.05 Å². The molecule has 1 aliphatic rings. The minimum atomic E-state index is -0.542. The number of nitrogens with one attached hydrogen (secondary N) is 1. The highest BCUT2D eigenvalue weighted by molar-refractivity contribution is 7.99. The van der Waals surface area contributed by atoms with Crippen LogP contribution in [0.25, 0.3) is 11.1 Å². The van der Waals surface area contributed by atoms with Crippen molar-refractivity contribution in [2.75, 3.05) is 5.75 Å². The fraction of sp³-hybridized carbons (Fsp3) is 0.235. The molecule has 6 rings (SSSR count). The summed E-state index contributed by atoms with van der Waals surface area (Å²) in [5.41, 5.74) is 6.48. The number of pyridine rings is 1. The maximum Gasteiger partial charge on any atom is 0.253 e. The van der Waals surface area contributed by atoms with Crippen LogP contribution >= 0.6 is 11.8 Å². The molecule has 3 aromatic carbocycles. The first-order valence-corrected chi connectivity index (χ1v) is 15.4. The van der Waals surface area contributed by atoms with Gasteiger partial charge in [-0.2, -0.15) is 0 Å². The number of aliphatic hydroxyl groups is 1. The van der Waals surface area contributed by atoms with E-state index in [0.717, 1.165) is 38.5 Å². The van der Waals surface area contributed by atoms with E-state index in [-0.39, 0.29) is 24.7 Å². The van der Waals surface area contributed by atoms with Crippen LogP contribution in [0.1, 0.15) is 51.4 Å². The summed E-state index contributed by atoms with van der Waals surface area (Å²) in [4.78, 5) is 16.5. The molecule has 1 saturated heterocycles. The Kier molecular flexibility index (Phi) is 9.43. The summed E-state index contributed by atoms with van der Waals surface area (Å²) in [5.74, 6) is 0.552. The minimum Gasteiger partial charge on any atom is -0.392 e. The summed E-state index contributed by atoms with van der Waals surface area (Å²) in [7, 11) is 1.93. The van der Waals surface area contributed by atoms with Gasteiger partial charge in [-0.05, 0) is 46.0 Å². The Morgan fingerprint density at radius 2 is 1.80 bits per heavy atom. The number of carbonyl (C=O) groups is 1. The number of carbonyl (C=O) groups excluding carboxylic acids is 1. The van der Waals surface area contributed by atoms with Crippen LogP contribution in [0.15, 0.2) is 109 Å². The van der Waals surface area contributed by atoms with Crippen LogP contribution in [0.5, 0.6) is 0 Å². The highest BCUT2D eigenvalue weighted by atomic mass is 32.2. The average Bonchev–Trinajstić information content (AvgIpc) is 3.51. The topological polar surface area (TPSA) is 111 Å². The molecular formula is C34H33N5O4S. The largest absolute Gasteiger partial charge is 0.392 e. The summed E-state index contributed by atoms with van der Waals surface area (Å²) in [6.45, 7) is 0.418. The van der Waals surface area contributed by atoms with Gasteiger partial charge in [0.15, 0.2) is 11.4 Å². The van der Waals surface area contributed by atoms with Gasteiger partial charge in [0.05, 0.1) is 24.4 Å². The Bertz CT molecular complexity index is 1680. The van der Waals surface area contributed by atoms with Crippen LogP contribution in [0.4, 0.5) is 0 Å². The third kappa shape index (κ3) is 7.23. The average molecular weight is 608 g/mol. The molecular weight excluding hydrogens is 574 g/mol. The SMILES string of the molecule is Cn1cnnc1SC[C@@H]1C[C@H](c2ccc(CO)cc2)O[C@H](c2ccc(-c3cccc(CNC(=O)c4cccnc4)c3)cc2)O1. The number of benzene rings is 3.